The molecular formula is C18H18F2O5. The number of carbonyl (C=O) groups excluding carboxylic acids is 1. The van der Waals surface area contributed by atoms with Gasteiger partial charge in [0.25, 0.3) is 0 Å². The van der Waals surface area contributed by atoms with Crippen molar-refractivity contribution in [1.82, 2.24) is 0 Å². The van der Waals surface area contributed by atoms with Gasteiger partial charge in [-0.1, -0.05) is 18.2 Å². The summed E-state index contributed by atoms with van der Waals surface area (Å²) in [6.07, 6.45) is 0.119. The van der Waals surface area contributed by atoms with E-state index in [0.29, 0.717) is 11.3 Å². The highest BCUT2D eigenvalue weighted by atomic mass is 19.3. The Balaban J connectivity index is 1.92. The van der Waals surface area contributed by atoms with Crippen LogP contribution in [0, 0.1) is 0 Å². The number of rotatable bonds is 8. The molecule has 0 fully saturated rings. The van der Waals surface area contributed by atoms with Crippen LogP contribution in [0.25, 0.3) is 0 Å². The minimum Gasteiger partial charge on any atom is -0.497 e. The molecule has 5 nitrogen and oxygen atoms in total. The molecule has 0 atom stereocenters. The highest BCUT2D eigenvalue weighted by Gasteiger charge is 2.12. The van der Waals surface area contributed by atoms with E-state index in [-0.39, 0.29) is 24.5 Å². The summed E-state index contributed by atoms with van der Waals surface area (Å²) in [5.41, 5.74) is 1.39. The Morgan fingerprint density at radius 1 is 0.960 bits per heavy atom. The summed E-state index contributed by atoms with van der Waals surface area (Å²) in [4.78, 5) is 11.9. The highest BCUT2D eigenvalue weighted by Crippen LogP contribution is 2.29. The molecular weight excluding hydrogens is 334 g/mol. The molecule has 0 radical (unpaired) electrons. The van der Waals surface area contributed by atoms with Crippen molar-refractivity contribution in [2.24, 2.45) is 0 Å². The summed E-state index contributed by atoms with van der Waals surface area (Å²) in [6.45, 7) is -2.94. The predicted octanol–water partition coefficient (Wildman–Crippen LogP) is 3.59. The maximum absolute atomic E-state index is 12.3. The first-order valence-corrected chi connectivity index (χ1v) is 7.42. The van der Waals surface area contributed by atoms with Gasteiger partial charge in [0.2, 0.25) is 0 Å². The lowest BCUT2D eigenvalue weighted by Gasteiger charge is -2.11. The Morgan fingerprint density at radius 3 is 2.24 bits per heavy atom. The van der Waals surface area contributed by atoms with Crippen LogP contribution in [0.15, 0.2) is 42.5 Å². The first kappa shape index (κ1) is 18.5. The van der Waals surface area contributed by atoms with Crippen molar-refractivity contribution in [3.8, 4) is 17.2 Å². The molecule has 0 aliphatic carbocycles. The Hall–Kier alpha value is -2.83. The molecule has 134 valence electrons. The van der Waals surface area contributed by atoms with Gasteiger partial charge in [-0.25, -0.2) is 0 Å². The third-order valence-corrected chi connectivity index (χ3v) is 3.35. The maximum Gasteiger partial charge on any atom is 0.387 e. The van der Waals surface area contributed by atoms with Crippen LogP contribution in [-0.4, -0.2) is 26.8 Å². The third kappa shape index (κ3) is 5.63. The summed E-state index contributed by atoms with van der Waals surface area (Å²) >= 11 is 0. The standard InChI is InChI=1S/C18H18F2O5/c1-22-14-6-3-12(4-7-14)10-17(21)24-11-13-5-8-15(25-18(19)20)16(9-13)23-2/h3-9,18H,10-11H2,1-2H3. The monoisotopic (exact) mass is 352 g/mol. The minimum atomic E-state index is -2.94. The van der Waals surface area contributed by atoms with Gasteiger partial charge in [0.15, 0.2) is 11.5 Å². The quantitative estimate of drug-likeness (QED) is 0.680. The molecule has 2 rings (SSSR count). The van der Waals surface area contributed by atoms with Crippen molar-refractivity contribution in [3.63, 3.8) is 0 Å². The van der Waals surface area contributed by atoms with Crippen molar-refractivity contribution >= 4 is 5.97 Å². The summed E-state index contributed by atoms with van der Waals surface area (Å²) in [5, 5.41) is 0. The molecule has 0 aliphatic rings. The second kappa shape index (κ2) is 8.86. The molecule has 0 spiro atoms. The molecule has 0 saturated heterocycles. The van der Waals surface area contributed by atoms with Gasteiger partial charge in [-0.15, -0.1) is 0 Å². The van der Waals surface area contributed by atoms with Crippen LogP contribution >= 0.6 is 0 Å². The first-order chi connectivity index (χ1) is 12.0. The summed E-state index contributed by atoms with van der Waals surface area (Å²) < 4.78 is 44.2. The fraction of sp³-hybridized carbons (Fsp3) is 0.278. The minimum absolute atomic E-state index is 0.000304. The smallest absolute Gasteiger partial charge is 0.387 e. The Labute approximate surface area is 144 Å². The Bertz CT molecular complexity index is 701. The topological polar surface area (TPSA) is 54.0 Å². The molecule has 0 saturated carbocycles. The van der Waals surface area contributed by atoms with Gasteiger partial charge in [-0.05, 0) is 35.4 Å². The van der Waals surface area contributed by atoms with Crippen LogP contribution in [0.4, 0.5) is 8.78 Å². The van der Waals surface area contributed by atoms with Gasteiger partial charge in [-0.3, -0.25) is 4.79 Å². The molecule has 0 N–H and O–H groups in total. The van der Waals surface area contributed by atoms with Crippen LogP contribution in [0.2, 0.25) is 0 Å². The van der Waals surface area contributed by atoms with Gasteiger partial charge in [-0.2, -0.15) is 8.78 Å². The number of alkyl halides is 2. The number of halogens is 2. The number of ether oxygens (including phenoxy) is 4. The largest absolute Gasteiger partial charge is 0.497 e. The molecule has 25 heavy (non-hydrogen) atoms. The maximum atomic E-state index is 12.3. The van der Waals surface area contributed by atoms with E-state index in [4.69, 9.17) is 14.2 Å². The zero-order valence-corrected chi connectivity index (χ0v) is 13.8. The zero-order valence-electron chi connectivity index (χ0n) is 13.8. The SMILES string of the molecule is COc1ccc(CC(=O)OCc2ccc(OC(F)F)c(OC)c2)cc1. The van der Waals surface area contributed by atoms with E-state index in [1.54, 1.807) is 31.4 Å². The van der Waals surface area contributed by atoms with Crippen LogP contribution in [0.5, 0.6) is 17.2 Å². The van der Waals surface area contributed by atoms with Crippen molar-refractivity contribution in [3.05, 3.63) is 53.6 Å². The van der Waals surface area contributed by atoms with Crippen molar-refractivity contribution in [2.75, 3.05) is 14.2 Å². The molecule has 0 aromatic heterocycles. The molecule has 0 aliphatic heterocycles. The fourth-order valence-corrected chi connectivity index (χ4v) is 2.12. The Morgan fingerprint density at radius 2 is 1.64 bits per heavy atom. The van der Waals surface area contributed by atoms with Gasteiger partial charge in [0.05, 0.1) is 20.6 Å². The molecule has 2 aromatic rings. The lowest BCUT2D eigenvalue weighted by Crippen LogP contribution is -2.08. The van der Waals surface area contributed by atoms with Crippen LogP contribution < -0.4 is 14.2 Å². The predicted molar refractivity (Wildman–Crippen MR) is 86.1 cm³/mol. The lowest BCUT2D eigenvalue weighted by molar-refractivity contribution is -0.144. The van der Waals surface area contributed by atoms with Gasteiger partial charge >= 0.3 is 12.6 Å². The lowest BCUT2D eigenvalue weighted by atomic mass is 10.1. The Kier molecular flexibility index (Phi) is 6.56. The van der Waals surface area contributed by atoms with E-state index in [0.717, 1.165) is 5.56 Å². The summed E-state index contributed by atoms with van der Waals surface area (Å²) in [5.74, 6) is 0.363. The van der Waals surface area contributed by atoms with E-state index in [9.17, 15) is 13.6 Å². The normalized spacial score (nSPS) is 10.4. The van der Waals surface area contributed by atoms with E-state index < -0.39 is 12.6 Å². The van der Waals surface area contributed by atoms with E-state index in [1.807, 2.05) is 0 Å². The summed E-state index contributed by atoms with van der Waals surface area (Å²) in [7, 11) is 2.91. The van der Waals surface area contributed by atoms with Crippen LogP contribution in [0.3, 0.4) is 0 Å². The summed E-state index contributed by atoms with van der Waals surface area (Å²) in [6, 6.07) is 11.4. The molecule has 2 aromatic carbocycles. The highest BCUT2D eigenvalue weighted by molar-refractivity contribution is 5.72. The number of carbonyl (C=O) groups is 1. The van der Waals surface area contributed by atoms with Crippen LogP contribution in [0.1, 0.15) is 11.1 Å². The van der Waals surface area contributed by atoms with E-state index in [1.165, 1.54) is 25.3 Å². The average Bonchev–Trinajstić information content (AvgIpc) is 2.61. The van der Waals surface area contributed by atoms with E-state index in [2.05, 4.69) is 4.74 Å². The van der Waals surface area contributed by atoms with Gasteiger partial charge < -0.3 is 18.9 Å². The number of esters is 1. The third-order valence-electron chi connectivity index (χ3n) is 3.35. The molecule has 7 heteroatoms. The van der Waals surface area contributed by atoms with Crippen molar-refractivity contribution in [1.29, 1.82) is 0 Å². The number of benzene rings is 2. The number of hydrogen-bond donors (Lipinski definition) is 0. The van der Waals surface area contributed by atoms with Gasteiger partial charge in [0.1, 0.15) is 12.4 Å². The zero-order chi connectivity index (χ0) is 18.2. The van der Waals surface area contributed by atoms with Crippen molar-refractivity contribution in [2.45, 2.75) is 19.6 Å². The average molecular weight is 352 g/mol. The second-order valence-corrected chi connectivity index (χ2v) is 5.05. The number of methoxy groups -OCH3 is 2. The van der Waals surface area contributed by atoms with Gasteiger partial charge in [0, 0.05) is 0 Å². The van der Waals surface area contributed by atoms with E-state index >= 15 is 0 Å². The molecule has 0 heterocycles. The number of hydrogen-bond acceptors (Lipinski definition) is 5. The fourth-order valence-electron chi connectivity index (χ4n) is 2.12. The first-order valence-electron chi connectivity index (χ1n) is 7.42. The second-order valence-electron chi connectivity index (χ2n) is 5.05. The molecule has 0 amide bonds. The molecule has 0 bridgehead atoms. The van der Waals surface area contributed by atoms with Crippen molar-refractivity contribution < 1.29 is 32.5 Å². The van der Waals surface area contributed by atoms with Crippen LogP contribution in [-0.2, 0) is 22.6 Å². The molecule has 0 unspecified atom stereocenters.